The molecule has 1 aliphatic carbocycles. The summed E-state index contributed by atoms with van der Waals surface area (Å²) in [5, 5.41) is 16.1. The van der Waals surface area contributed by atoms with E-state index < -0.39 is 0 Å². The SMILES string of the molecule is Bc1nnc(C2CCC(I)CC2)nn1. The van der Waals surface area contributed by atoms with Gasteiger partial charge in [0.25, 0.3) is 0 Å². The van der Waals surface area contributed by atoms with Crippen LogP contribution in [0.1, 0.15) is 37.4 Å². The van der Waals surface area contributed by atoms with Crippen LogP contribution in [0.4, 0.5) is 0 Å². The van der Waals surface area contributed by atoms with Gasteiger partial charge in [-0.05, 0) is 25.7 Å². The molecule has 0 unspecified atom stereocenters. The van der Waals surface area contributed by atoms with Gasteiger partial charge in [0.1, 0.15) is 5.72 Å². The fourth-order valence-corrected chi connectivity index (χ4v) is 2.48. The van der Waals surface area contributed by atoms with E-state index >= 15 is 0 Å². The van der Waals surface area contributed by atoms with Crippen molar-refractivity contribution in [1.29, 1.82) is 0 Å². The largest absolute Gasteiger partial charge is 0.194 e. The lowest BCUT2D eigenvalue weighted by Gasteiger charge is -2.23. The first-order valence-electron chi connectivity index (χ1n) is 4.93. The first-order chi connectivity index (χ1) is 6.75. The van der Waals surface area contributed by atoms with Crippen LogP contribution in [0, 0.1) is 0 Å². The van der Waals surface area contributed by atoms with Gasteiger partial charge in [0.15, 0.2) is 13.7 Å². The molecule has 0 bridgehead atoms. The molecule has 0 atom stereocenters. The normalized spacial score (nSPS) is 27.5. The van der Waals surface area contributed by atoms with E-state index in [1.54, 1.807) is 0 Å². The molecule has 1 saturated carbocycles. The zero-order chi connectivity index (χ0) is 9.97. The Labute approximate surface area is 97.8 Å². The van der Waals surface area contributed by atoms with Gasteiger partial charge in [-0.1, -0.05) is 22.6 Å². The summed E-state index contributed by atoms with van der Waals surface area (Å²) in [5.74, 6) is 1.32. The molecular weight excluding hydrogens is 290 g/mol. The standard InChI is InChI=1S/C8H12BIN4/c9-8-13-11-7(12-14-8)5-1-3-6(10)4-2-5/h5-6H,1-4,9H2. The molecule has 0 saturated heterocycles. The first kappa shape index (κ1) is 10.3. The Morgan fingerprint density at radius 1 is 1.00 bits per heavy atom. The van der Waals surface area contributed by atoms with Crippen LogP contribution in [-0.2, 0) is 0 Å². The van der Waals surface area contributed by atoms with Gasteiger partial charge < -0.3 is 0 Å². The van der Waals surface area contributed by atoms with Crippen LogP contribution in [0.3, 0.4) is 0 Å². The third kappa shape index (κ3) is 2.40. The summed E-state index contributed by atoms with van der Waals surface area (Å²) in [5.41, 5.74) is 0.649. The second-order valence-electron chi connectivity index (χ2n) is 3.75. The van der Waals surface area contributed by atoms with Crippen molar-refractivity contribution in [1.82, 2.24) is 20.4 Å². The van der Waals surface area contributed by atoms with Crippen LogP contribution in [0.15, 0.2) is 0 Å². The summed E-state index contributed by atoms with van der Waals surface area (Å²) in [4.78, 5) is 0. The molecule has 2 rings (SSSR count). The van der Waals surface area contributed by atoms with Gasteiger partial charge in [-0.25, -0.2) is 0 Å². The molecule has 0 amide bonds. The summed E-state index contributed by atoms with van der Waals surface area (Å²) >= 11 is 2.52. The van der Waals surface area contributed by atoms with Crippen molar-refractivity contribution < 1.29 is 0 Å². The first-order valence-corrected chi connectivity index (χ1v) is 6.18. The number of hydrogen-bond donors (Lipinski definition) is 0. The number of halogens is 1. The Hall–Kier alpha value is -0.265. The molecule has 1 fully saturated rings. The van der Waals surface area contributed by atoms with Crippen LogP contribution in [0.5, 0.6) is 0 Å². The fourth-order valence-electron chi connectivity index (χ4n) is 1.76. The van der Waals surface area contributed by atoms with E-state index in [9.17, 15) is 0 Å². The van der Waals surface area contributed by atoms with E-state index in [4.69, 9.17) is 0 Å². The lowest BCUT2D eigenvalue weighted by Crippen LogP contribution is -2.22. The van der Waals surface area contributed by atoms with Crippen LogP contribution in [0.25, 0.3) is 0 Å². The number of rotatable bonds is 1. The number of aromatic nitrogens is 4. The van der Waals surface area contributed by atoms with Crippen molar-refractivity contribution in [3.05, 3.63) is 5.82 Å². The lowest BCUT2D eigenvalue weighted by molar-refractivity contribution is 0.437. The number of nitrogens with zero attached hydrogens (tertiary/aromatic N) is 4. The zero-order valence-electron chi connectivity index (χ0n) is 8.15. The van der Waals surface area contributed by atoms with Crippen molar-refractivity contribution in [3.8, 4) is 0 Å². The molecule has 0 spiro atoms. The van der Waals surface area contributed by atoms with Gasteiger partial charge in [-0.3, -0.25) is 0 Å². The molecule has 0 radical (unpaired) electrons. The van der Waals surface area contributed by atoms with Gasteiger partial charge in [-0.2, -0.15) is 0 Å². The molecule has 0 aromatic carbocycles. The maximum absolute atomic E-state index is 4.10. The van der Waals surface area contributed by atoms with Crippen molar-refractivity contribution in [2.24, 2.45) is 0 Å². The molecular formula is C8H12BIN4. The van der Waals surface area contributed by atoms with Crippen molar-refractivity contribution in [3.63, 3.8) is 0 Å². The Morgan fingerprint density at radius 2 is 1.57 bits per heavy atom. The highest BCUT2D eigenvalue weighted by atomic mass is 127. The van der Waals surface area contributed by atoms with Crippen LogP contribution in [-0.4, -0.2) is 32.2 Å². The third-order valence-corrected chi connectivity index (χ3v) is 3.86. The maximum atomic E-state index is 4.10. The third-order valence-electron chi connectivity index (χ3n) is 2.62. The van der Waals surface area contributed by atoms with E-state index in [0.29, 0.717) is 11.6 Å². The summed E-state index contributed by atoms with van der Waals surface area (Å²) in [6.45, 7) is 0. The Balaban J connectivity index is 2.05. The Bertz CT molecular complexity index is 297. The molecule has 1 aliphatic rings. The molecule has 1 aromatic rings. The molecule has 74 valence electrons. The molecule has 14 heavy (non-hydrogen) atoms. The zero-order valence-corrected chi connectivity index (χ0v) is 10.3. The predicted octanol–water partition coefficient (Wildman–Crippen LogP) is -0.0138. The van der Waals surface area contributed by atoms with Gasteiger partial charge >= 0.3 is 0 Å². The summed E-state index contributed by atoms with van der Waals surface area (Å²) in [6.07, 6.45) is 4.89. The maximum Gasteiger partial charge on any atom is 0.194 e. The fraction of sp³-hybridized carbons (Fsp3) is 0.750. The predicted molar refractivity (Wildman–Crippen MR) is 64.8 cm³/mol. The highest BCUT2D eigenvalue weighted by Gasteiger charge is 2.23. The number of hydrogen-bond acceptors (Lipinski definition) is 4. The average Bonchev–Trinajstić information content (AvgIpc) is 2.21. The molecule has 4 nitrogen and oxygen atoms in total. The van der Waals surface area contributed by atoms with Crippen molar-refractivity contribution in [2.45, 2.75) is 35.5 Å². The topological polar surface area (TPSA) is 51.6 Å². The van der Waals surface area contributed by atoms with Crippen LogP contribution < -0.4 is 5.72 Å². The van der Waals surface area contributed by atoms with Crippen LogP contribution >= 0.6 is 22.6 Å². The highest BCUT2D eigenvalue weighted by Crippen LogP contribution is 2.33. The minimum absolute atomic E-state index is 0.488. The smallest absolute Gasteiger partial charge is 0.143 e. The minimum Gasteiger partial charge on any atom is -0.143 e. The molecule has 0 N–H and O–H groups in total. The monoisotopic (exact) mass is 302 g/mol. The van der Waals surface area contributed by atoms with E-state index in [1.165, 1.54) is 25.7 Å². The van der Waals surface area contributed by atoms with Gasteiger partial charge in [0, 0.05) is 9.84 Å². The van der Waals surface area contributed by atoms with Gasteiger partial charge in [0.2, 0.25) is 0 Å². The molecule has 0 aliphatic heterocycles. The van der Waals surface area contributed by atoms with Crippen LogP contribution in [0.2, 0.25) is 0 Å². The summed E-state index contributed by atoms with van der Waals surface area (Å²) in [6, 6.07) is 0. The van der Waals surface area contributed by atoms with Gasteiger partial charge in [0.05, 0.1) is 0 Å². The lowest BCUT2D eigenvalue weighted by atomic mass is 9.89. The van der Waals surface area contributed by atoms with E-state index in [-0.39, 0.29) is 0 Å². The second kappa shape index (κ2) is 4.50. The summed E-state index contributed by atoms with van der Waals surface area (Å²) in [7, 11) is 1.81. The van der Waals surface area contributed by atoms with Gasteiger partial charge in [-0.15, -0.1) is 20.4 Å². The van der Waals surface area contributed by atoms with E-state index in [2.05, 4.69) is 43.0 Å². The summed E-state index contributed by atoms with van der Waals surface area (Å²) < 4.78 is 0.829. The molecule has 1 aromatic heterocycles. The van der Waals surface area contributed by atoms with E-state index in [0.717, 1.165) is 9.75 Å². The average molecular weight is 302 g/mol. The highest BCUT2D eigenvalue weighted by molar-refractivity contribution is 14.1. The van der Waals surface area contributed by atoms with Crippen molar-refractivity contribution in [2.75, 3.05) is 0 Å². The Morgan fingerprint density at radius 3 is 2.14 bits per heavy atom. The number of alkyl halides is 1. The second-order valence-corrected chi connectivity index (χ2v) is 5.52. The molecule has 1 heterocycles. The molecule has 6 heteroatoms. The van der Waals surface area contributed by atoms with Crippen molar-refractivity contribution >= 4 is 36.2 Å². The van der Waals surface area contributed by atoms with E-state index in [1.807, 2.05) is 7.85 Å². The quantitative estimate of drug-likeness (QED) is 0.416. The Kier molecular flexibility index (Phi) is 3.30. The minimum atomic E-state index is 0.488.